The fourth-order valence-corrected chi connectivity index (χ4v) is 1.97. The molecule has 1 aliphatic rings. The fraction of sp³-hybridized carbons (Fsp3) is 0.333. The topological polar surface area (TPSA) is 46.6 Å². The number of carbonyl (C=O) groups is 2. The van der Waals surface area contributed by atoms with E-state index in [-0.39, 0.29) is 22.8 Å². The van der Waals surface area contributed by atoms with Gasteiger partial charge in [0.1, 0.15) is 5.82 Å². The quantitative estimate of drug-likeness (QED) is 0.622. The lowest BCUT2D eigenvalue weighted by Gasteiger charge is -2.16. The van der Waals surface area contributed by atoms with Gasteiger partial charge in [0.05, 0.1) is 22.9 Å². The number of amides is 1. The molecule has 1 aromatic rings. The molecule has 0 atom stereocenters. The minimum absolute atomic E-state index is 0.142. The second-order valence-corrected chi connectivity index (χ2v) is 4.17. The van der Waals surface area contributed by atoms with Gasteiger partial charge in [0.2, 0.25) is 0 Å². The van der Waals surface area contributed by atoms with E-state index in [0.717, 1.165) is 6.07 Å². The van der Waals surface area contributed by atoms with Gasteiger partial charge >= 0.3 is 0 Å². The monoisotopic (exact) mass is 271 g/mol. The number of ether oxygens (including phenoxy) is 1. The van der Waals surface area contributed by atoms with E-state index in [0.29, 0.717) is 13.2 Å². The van der Waals surface area contributed by atoms with Gasteiger partial charge in [-0.05, 0) is 19.1 Å². The summed E-state index contributed by atoms with van der Waals surface area (Å²) in [7, 11) is 0. The first kappa shape index (κ1) is 13.0. The Hall–Kier alpha value is -1.46. The Labute approximate surface area is 108 Å². The fourth-order valence-electron chi connectivity index (χ4n) is 1.81. The van der Waals surface area contributed by atoms with Gasteiger partial charge in [0.15, 0.2) is 0 Å². The van der Waals surface area contributed by atoms with Crippen LogP contribution in [-0.4, -0.2) is 31.4 Å². The van der Waals surface area contributed by atoms with Crippen LogP contribution in [0.1, 0.15) is 17.3 Å². The van der Waals surface area contributed by atoms with Crippen LogP contribution in [0.3, 0.4) is 0 Å². The van der Waals surface area contributed by atoms with Gasteiger partial charge < -0.3 is 9.64 Å². The van der Waals surface area contributed by atoms with Crippen molar-refractivity contribution in [2.75, 3.05) is 24.7 Å². The van der Waals surface area contributed by atoms with Crippen molar-refractivity contribution in [3.05, 3.63) is 28.5 Å². The van der Waals surface area contributed by atoms with Crippen molar-refractivity contribution in [3.8, 4) is 0 Å². The molecule has 0 N–H and O–H groups in total. The molecule has 0 unspecified atom stereocenters. The molecule has 0 aromatic heterocycles. The molecule has 0 aliphatic carbocycles. The first-order chi connectivity index (χ1) is 8.56. The molecule has 96 valence electrons. The van der Waals surface area contributed by atoms with Gasteiger partial charge in [-0.25, -0.2) is 4.39 Å². The zero-order chi connectivity index (χ0) is 13.3. The summed E-state index contributed by atoms with van der Waals surface area (Å²) < 4.78 is 18.5. The van der Waals surface area contributed by atoms with Crippen LogP contribution in [-0.2, 0) is 9.53 Å². The van der Waals surface area contributed by atoms with E-state index < -0.39 is 17.5 Å². The summed E-state index contributed by atoms with van der Waals surface area (Å²) >= 11 is 5.60. The van der Waals surface area contributed by atoms with Crippen molar-refractivity contribution in [3.63, 3.8) is 0 Å². The smallest absolute Gasteiger partial charge is 0.299 e. The number of halogens is 2. The lowest BCUT2D eigenvalue weighted by Crippen LogP contribution is -2.32. The van der Waals surface area contributed by atoms with Gasteiger partial charge in [0.25, 0.3) is 11.7 Å². The third kappa shape index (κ3) is 2.11. The molecule has 0 saturated heterocycles. The average Bonchev–Trinajstić information content (AvgIpc) is 2.56. The molecule has 0 saturated carbocycles. The Morgan fingerprint density at radius 1 is 1.39 bits per heavy atom. The molecule has 0 bridgehead atoms. The van der Waals surface area contributed by atoms with Crippen LogP contribution in [0.2, 0.25) is 5.02 Å². The highest BCUT2D eigenvalue weighted by Crippen LogP contribution is 2.32. The van der Waals surface area contributed by atoms with Crippen LogP contribution in [0.5, 0.6) is 0 Å². The van der Waals surface area contributed by atoms with E-state index in [4.69, 9.17) is 16.3 Å². The molecule has 4 nitrogen and oxygen atoms in total. The second-order valence-electron chi connectivity index (χ2n) is 3.77. The zero-order valence-electron chi connectivity index (χ0n) is 9.70. The SMILES string of the molecule is CCOCCN1C(=O)C(=O)c2cc(Cl)c(F)cc21. The number of carbonyl (C=O) groups excluding carboxylic acids is 2. The number of hydrogen-bond acceptors (Lipinski definition) is 3. The summed E-state index contributed by atoms with van der Waals surface area (Å²) in [5.74, 6) is -1.99. The van der Waals surface area contributed by atoms with Crippen LogP contribution in [0, 0.1) is 5.82 Å². The van der Waals surface area contributed by atoms with Crippen molar-refractivity contribution >= 4 is 29.0 Å². The van der Waals surface area contributed by atoms with Crippen molar-refractivity contribution in [2.45, 2.75) is 6.92 Å². The van der Waals surface area contributed by atoms with Crippen LogP contribution in [0.4, 0.5) is 10.1 Å². The maximum Gasteiger partial charge on any atom is 0.299 e. The molecule has 1 aromatic carbocycles. The number of nitrogens with zero attached hydrogens (tertiary/aromatic N) is 1. The summed E-state index contributed by atoms with van der Waals surface area (Å²) in [5.41, 5.74) is 0.398. The molecular weight excluding hydrogens is 261 g/mol. The Bertz CT molecular complexity index is 518. The first-order valence-electron chi connectivity index (χ1n) is 5.49. The van der Waals surface area contributed by atoms with Gasteiger partial charge in [-0.15, -0.1) is 0 Å². The summed E-state index contributed by atoms with van der Waals surface area (Å²) in [6.07, 6.45) is 0. The number of fused-ring (bicyclic) bond motifs is 1. The molecule has 0 radical (unpaired) electrons. The average molecular weight is 272 g/mol. The van der Waals surface area contributed by atoms with Gasteiger partial charge in [-0.2, -0.15) is 0 Å². The van der Waals surface area contributed by atoms with E-state index in [2.05, 4.69) is 0 Å². The largest absolute Gasteiger partial charge is 0.380 e. The molecule has 18 heavy (non-hydrogen) atoms. The van der Waals surface area contributed by atoms with E-state index >= 15 is 0 Å². The maximum absolute atomic E-state index is 13.4. The third-order valence-electron chi connectivity index (χ3n) is 2.68. The molecule has 0 fully saturated rings. The number of benzene rings is 1. The highest BCUT2D eigenvalue weighted by Gasteiger charge is 2.36. The van der Waals surface area contributed by atoms with E-state index in [1.165, 1.54) is 11.0 Å². The Morgan fingerprint density at radius 3 is 2.78 bits per heavy atom. The summed E-state index contributed by atoms with van der Waals surface area (Å²) in [6.45, 7) is 2.84. The minimum atomic E-state index is -0.675. The number of hydrogen-bond donors (Lipinski definition) is 0. The predicted octanol–water partition coefficient (Wildman–Crippen LogP) is 2.04. The summed E-state index contributed by atoms with van der Waals surface area (Å²) in [5, 5.41) is -0.165. The number of anilines is 1. The first-order valence-corrected chi connectivity index (χ1v) is 5.87. The Morgan fingerprint density at radius 2 is 2.11 bits per heavy atom. The zero-order valence-corrected chi connectivity index (χ0v) is 10.5. The molecule has 2 rings (SSSR count). The standard InChI is InChI=1S/C12H11ClFNO3/c1-2-18-4-3-15-10-6-9(14)8(13)5-7(10)11(16)12(15)17/h5-6H,2-4H2,1H3. The molecule has 1 aliphatic heterocycles. The Balaban J connectivity index is 2.33. The highest BCUT2D eigenvalue weighted by molar-refractivity contribution is 6.52. The minimum Gasteiger partial charge on any atom is -0.380 e. The molecule has 0 spiro atoms. The van der Waals surface area contributed by atoms with Crippen molar-refractivity contribution in [2.24, 2.45) is 0 Å². The number of rotatable bonds is 4. The normalized spacial score (nSPS) is 14.3. The van der Waals surface area contributed by atoms with Crippen molar-refractivity contribution in [1.29, 1.82) is 0 Å². The Kier molecular flexibility index (Phi) is 3.63. The number of Topliss-reactive ketones (excluding diaryl/α,β-unsaturated/α-hetero) is 1. The lowest BCUT2D eigenvalue weighted by atomic mass is 10.1. The van der Waals surface area contributed by atoms with Gasteiger partial charge in [0, 0.05) is 13.2 Å². The van der Waals surface area contributed by atoms with Gasteiger partial charge in [-0.1, -0.05) is 11.6 Å². The molecular formula is C12H11ClFNO3. The second kappa shape index (κ2) is 5.04. The van der Waals surface area contributed by atoms with Gasteiger partial charge in [-0.3, -0.25) is 9.59 Å². The molecule has 6 heteroatoms. The van der Waals surface area contributed by atoms with Crippen LogP contribution in [0.15, 0.2) is 12.1 Å². The molecule has 1 heterocycles. The summed E-state index contributed by atoms with van der Waals surface area (Å²) in [6, 6.07) is 2.29. The van der Waals surface area contributed by atoms with Crippen LogP contribution >= 0.6 is 11.6 Å². The van der Waals surface area contributed by atoms with Crippen molar-refractivity contribution in [1.82, 2.24) is 0 Å². The number of ketones is 1. The van der Waals surface area contributed by atoms with E-state index in [9.17, 15) is 14.0 Å². The lowest BCUT2D eigenvalue weighted by molar-refractivity contribution is -0.114. The van der Waals surface area contributed by atoms with E-state index in [1.807, 2.05) is 6.92 Å². The predicted molar refractivity (Wildman–Crippen MR) is 64.6 cm³/mol. The van der Waals surface area contributed by atoms with Crippen LogP contribution < -0.4 is 4.90 Å². The summed E-state index contributed by atoms with van der Waals surface area (Å²) in [4.78, 5) is 24.6. The maximum atomic E-state index is 13.4. The van der Waals surface area contributed by atoms with Crippen LogP contribution in [0.25, 0.3) is 0 Å². The van der Waals surface area contributed by atoms with Crippen molar-refractivity contribution < 1.29 is 18.7 Å². The highest BCUT2D eigenvalue weighted by atomic mass is 35.5. The third-order valence-corrected chi connectivity index (χ3v) is 2.97. The van der Waals surface area contributed by atoms with E-state index in [1.54, 1.807) is 0 Å². The molecule has 1 amide bonds.